The number of carbonyl (C=O) groups is 1. The van der Waals surface area contributed by atoms with Gasteiger partial charge in [-0.05, 0) is 35.0 Å². The van der Waals surface area contributed by atoms with Crippen molar-refractivity contribution < 1.29 is 24.0 Å². The molecule has 2 aromatic rings. The number of nitrogens with zero attached hydrogens (tertiary/aromatic N) is 1. The lowest BCUT2D eigenvalue weighted by molar-refractivity contribution is -0.385. The van der Waals surface area contributed by atoms with Crippen molar-refractivity contribution in [1.29, 1.82) is 0 Å². The molecule has 0 spiro atoms. The summed E-state index contributed by atoms with van der Waals surface area (Å²) >= 11 is 3.23. The number of ether oxygens (including phenoxy) is 1. The molecule has 0 amide bonds. The number of carboxylic acid groups (broad SMARTS) is 1. The number of hydrogen-bond acceptors (Lipinski definition) is 5. The maximum absolute atomic E-state index is 10.8. The molecule has 0 atom stereocenters. The highest BCUT2D eigenvalue weighted by molar-refractivity contribution is 9.10. The molecule has 0 radical (unpaired) electrons. The summed E-state index contributed by atoms with van der Waals surface area (Å²) in [7, 11) is 0. The van der Waals surface area contributed by atoms with E-state index >= 15 is 0 Å². The first kappa shape index (κ1) is 15.0. The smallest absolute Gasteiger partial charge is 0.371 e. The molecule has 1 aromatic heterocycles. The van der Waals surface area contributed by atoms with Crippen molar-refractivity contribution in [2.75, 3.05) is 0 Å². The van der Waals surface area contributed by atoms with Gasteiger partial charge >= 0.3 is 5.97 Å². The average molecular weight is 356 g/mol. The molecular formula is C13H10BrNO6. The predicted molar refractivity (Wildman–Crippen MR) is 75.5 cm³/mol. The van der Waals surface area contributed by atoms with Gasteiger partial charge in [-0.15, -0.1) is 0 Å². The molecule has 2 rings (SSSR count). The second-order valence-electron chi connectivity index (χ2n) is 4.16. The van der Waals surface area contributed by atoms with Crippen LogP contribution in [-0.4, -0.2) is 16.0 Å². The minimum atomic E-state index is -1.17. The Hall–Kier alpha value is -2.35. The highest BCUT2D eigenvalue weighted by Crippen LogP contribution is 2.30. The van der Waals surface area contributed by atoms with Gasteiger partial charge in [-0.1, -0.05) is 0 Å². The average Bonchev–Trinajstić information content (AvgIpc) is 2.79. The van der Waals surface area contributed by atoms with Crippen LogP contribution in [-0.2, 0) is 6.61 Å². The van der Waals surface area contributed by atoms with Crippen LogP contribution in [0.4, 0.5) is 5.69 Å². The Bertz CT molecular complexity index is 709. The van der Waals surface area contributed by atoms with E-state index in [4.69, 9.17) is 14.3 Å². The van der Waals surface area contributed by atoms with Crippen LogP contribution >= 0.6 is 15.9 Å². The molecule has 21 heavy (non-hydrogen) atoms. The third-order valence-electron chi connectivity index (χ3n) is 2.74. The summed E-state index contributed by atoms with van der Waals surface area (Å²) in [5, 5.41) is 19.6. The Balaban J connectivity index is 2.18. The van der Waals surface area contributed by atoms with Crippen LogP contribution in [0.2, 0.25) is 0 Å². The summed E-state index contributed by atoms with van der Waals surface area (Å²) in [6, 6.07) is 5.52. The molecule has 8 heteroatoms. The monoisotopic (exact) mass is 355 g/mol. The van der Waals surface area contributed by atoms with Crippen molar-refractivity contribution >= 4 is 27.6 Å². The maximum Gasteiger partial charge on any atom is 0.371 e. The lowest BCUT2D eigenvalue weighted by Crippen LogP contribution is -1.98. The summed E-state index contributed by atoms with van der Waals surface area (Å²) in [4.78, 5) is 21.0. The number of benzene rings is 1. The van der Waals surface area contributed by atoms with Crippen molar-refractivity contribution in [3.8, 4) is 5.75 Å². The summed E-state index contributed by atoms with van der Waals surface area (Å²) in [5.41, 5.74) is 0.467. The number of aryl methyl sites for hydroxylation is 1. The first-order chi connectivity index (χ1) is 9.88. The Morgan fingerprint density at radius 1 is 1.48 bits per heavy atom. The van der Waals surface area contributed by atoms with Gasteiger partial charge in [0.2, 0.25) is 5.76 Å². The minimum absolute atomic E-state index is 0.0440. The van der Waals surface area contributed by atoms with Gasteiger partial charge in [0.05, 0.1) is 15.5 Å². The molecule has 1 aromatic carbocycles. The van der Waals surface area contributed by atoms with Crippen LogP contribution in [0.25, 0.3) is 0 Å². The summed E-state index contributed by atoms with van der Waals surface area (Å²) in [6.45, 7) is 1.66. The Morgan fingerprint density at radius 3 is 2.76 bits per heavy atom. The van der Waals surface area contributed by atoms with E-state index in [2.05, 4.69) is 15.9 Å². The molecular weight excluding hydrogens is 346 g/mol. The van der Waals surface area contributed by atoms with Crippen molar-refractivity contribution in [2.45, 2.75) is 13.5 Å². The van der Waals surface area contributed by atoms with E-state index in [0.29, 0.717) is 21.5 Å². The molecule has 0 saturated carbocycles. The van der Waals surface area contributed by atoms with Crippen LogP contribution in [0, 0.1) is 17.0 Å². The Labute approximate surface area is 127 Å². The van der Waals surface area contributed by atoms with Gasteiger partial charge in [-0.2, -0.15) is 0 Å². The summed E-state index contributed by atoms with van der Waals surface area (Å²) < 4.78 is 11.1. The Morgan fingerprint density at radius 2 is 2.19 bits per heavy atom. The third kappa shape index (κ3) is 3.40. The van der Waals surface area contributed by atoms with Crippen LogP contribution in [0.3, 0.4) is 0 Å². The van der Waals surface area contributed by atoms with Gasteiger partial charge in [0.25, 0.3) is 5.69 Å². The standard InChI is InChI=1S/C13H10BrNO6/c1-7-8(4-12(21-7)13(16)17)6-20-11-5-9(15(18)19)2-3-10(11)14/h2-5H,6H2,1H3,(H,16,17). The molecule has 110 valence electrons. The van der Waals surface area contributed by atoms with E-state index in [1.54, 1.807) is 6.92 Å². The number of hydrogen-bond donors (Lipinski definition) is 1. The SMILES string of the molecule is Cc1oc(C(=O)O)cc1COc1cc([N+](=O)[O-])ccc1Br. The topological polar surface area (TPSA) is 103 Å². The van der Waals surface area contributed by atoms with E-state index in [-0.39, 0.29) is 18.1 Å². The normalized spacial score (nSPS) is 10.4. The van der Waals surface area contributed by atoms with Crippen molar-refractivity contribution in [3.05, 3.63) is 55.9 Å². The van der Waals surface area contributed by atoms with Gasteiger partial charge in [-0.3, -0.25) is 10.1 Å². The number of nitro groups is 1. The number of furan rings is 1. The van der Waals surface area contributed by atoms with Gasteiger partial charge in [0.1, 0.15) is 18.1 Å². The largest absolute Gasteiger partial charge is 0.487 e. The highest BCUT2D eigenvalue weighted by atomic mass is 79.9. The fraction of sp³-hybridized carbons (Fsp3) is 0.154. The number of non-ortho nitro benzene ring substituents is 1. The van der Waals surface area contributed by atoms with E-state index < -0.39 is 10.9 Å². The molecule has 1 heterocycles. The van der Waals surface area contributed by atoms with Crippen LogP contribution < -0.4 is 4.74 Å². The zero-order valence-corrected chi connectivity index (χ0v) is 12.4. The molecule has 0 unspecified atom stereocenters. The van der Waals surface area contributed by atoms with Crippen LogP contribution in [0.5, 0.6) is 5.75 Å². The summed E-state index contributed by atoms with van der Waals surface area (Å²) in [5.74, 6) is -0.624. The van der Waals surface area contributed by atoms with Crippen molar-refractivity contribution in [3.63, 3.8) is 0 Å². The lowest BCUT2D eigenvalue weighted by Gasteiger charge is -2.07. The number of aromatic carboxylic acids is 1. The molecule has 0 aliphatic heterocycles. The fourth-order valence-electron chi connectivity index (χ4n) is 1.64. The number of nitro benzene ring substituents is 1. The predicted octanol–water partition coefficient (Wildman–Crippen LogP) is 3.54. The molecule has 0 saturated heterocycles. The first-order valence-electron chi connectivity index (χ1n) is 5.78. The zero-order valence-electron chi connectivity index (χ0n) is 10.8. The third-order valence-corrected chi connectivity index (χ3v) is 3.40. The van der Waals surface area contributed by atoms with Crippen LogP contribution in [0.1, 0.15) is 21.9 Å². The molecule has 0 aliphatic carbocycles. The van der Waals surface area contributed by atoms with Gasteiger partial charge < -0.3 is 14.3 Å². The molecule has 0 fully saturated rings. The van der Waals surface area contributed by atoms with E-state index in [9.17, 15) is 14.9 Å². The number of halogens is 1. The quantitative estimate of drug-likeness (QED) is 0.649. The van der Waals surface area contributed by atoms with E-state index in [1.807, 2.05) is 0 Å². The molecule has 0 bridgehead atoms. The minimum Gasteiger partial charge on any atom is -0.487 e. The van der Waals surface area contributed by atoms with Gasteiger partial charge in [0, 0.05) is 11.6 Å². The fourth-order valence-corrected chi connectivity index (χ4v) is 2.00. The molecule has 0 aliphatic rings. The first-order valence-corrected chi connectivity index (χ1v) is 6.57. The number of carboxylic acids is 1. The van der Waals surface area contributed by atoms with Crippen molar-refractivity contribution in [2.24, 2.45) is 0 Å². The van der Waals surface area contributed by atoms with Crippen LogP contribution in [0.15, 0.2) is 33.2 Å². The van der Waals surface area contributed by atoms with E-state index in [0.717, 1.165) is 0 Å². The lowest BCUT2D eigenvalue weighted by atomic mass is 10.2. The van der Waals surface area contributed by atoms with E-state index in [1.165, 1.54) is 24.3 Å². The highest BCUT2D eigenvalue weighted by Gasteiger charge is 2.15. The molecule has 1 N–H and O–H groups in total. The van der Waals surface area contributed by atoms with Gasteiger partial charge in [-0.25, -0.2) is 4.79 Å². The van der Waals surface area contributed by atoms with Crippen molar-refractivity contribution in [1.82, 2.24) is 0 Å². The Kier molecular flexibility index (Phi) is 4.27. The summed E-state index contributed by atoms with van der Waals surface area (Å²) in [6.07, 6.45) is 0. The maximum atomic E-state index is 10.8. The second kappa shape index (κ2) is 5.96. The zero-order chi connectivity index (χ0) is 15.6. The number of rotatable bonds is 5. The molecule has 7 nitrogen and oxygen atoms in total. The second-order valence-corrected chi connectivity index (χ2v) is 5.01. The van der Waals surface area contributed by atoms with Gasteiger partial charge in [0.15, 0.2) is 0 Å².